The van der Waals surface area contributed by atoms with Gasteiger partial charge in [0.1, 0.15) is 5.01 Å². The molecule has 0 spiro atoms. The number of amides is 1. The van der Waals surface area contributed by atoms with E-state index in [2.05, 4.69) is 29.2 Å². The predicted octanol–water partition coefficient (Wildman–Crippen LogP) is 3.27. The van der Waals surface area contributed by atoms with Crippen LogP contribution in [0.4, 0.5) is 0 Å². The fraction of sp³-hybridized carbons (Fsp3) is 0.562. The third kappa shape index (κ3) is 3.55. The van der Waals surface area contributed by atoms with Gasteiger partial charge in [-0.15, -0.1) is 11.3 Å². The van der Waals surface area contributed by atoms with Crippen LogP contribution >= 0.6 is 11.3 Å². The van der Waals surface area contributed by atoms with Crippen LogP contribution in [0.2, 0.25) is 0 Å². The van der Waals surface area contributed by atoms with Gasteiger partial charge in [0.15, 0.2) is 0 Å². The Balaban J connectivity index is 2.06. The lowest BCUT2D eigenvalue weighted by atomic mass is 10.1. The highest BCUT2D eigenvalue weighted by Crippen LogP contribution is 2.20. The first-order chi connectivity index (χ1) is 10.3. The molecule has 0 fully saturated rings. The zero-order valence-corrected chi connectivity index (χ0v) is 14.9. The smallest absolute Gasteiger partial charge is 0.225 e. The quantitative estimate of drug-likeness (QED) is 0.920. The summed E-state index contributed by atoms with van der Waals surface area (Å²) in [6.07, 6.45) is 0.360. The van der Waals surface area contributed by atoms with Crippen molar-refractivity contribution >= 4 is 17.2 Å². The molecule has 0 saturated heterocycles. The summed E-state index contributed by atoms with van der Waals surface area (Å²) in [5, 5.41) is 10.5. The number of rotatable bonds is 5. The van der Waals surface area contributed by atoms with E-state index in [4.69, 9.17) is 0 Å². The molecule has 2 rings (SSSR count). The topological polar surface area (TPSA) is 59.8 Å². The van der Waals surface area contributed by atoms with Gasteiger partial charge < -0.3 is 5.32 Å². The van der Waals surface area contributed by atoms with E-state index in [1.165, 1.54) is 0 Å². The van der Waals surface area contributed by atoms with Gasteiger partial charge in [-0.2, -0.15) is 5.10 Å². The third-order valence-corrected chi connectivity index (χ3v) is 4.83. The molecule has 1 amide bonds. The molecule has 1 N–H and O–H groups in total. The number of hydrogen-bond acceptors (Lipinski definition) is 4. The summed E-state index contributed by atoms with van der Waals surface area (Å²) >= 11 is 1.58. The number of thiazole rings is 1. The summed E-state index contributed by atoms with van der Waals surface area (Å²) in [5.74, 6) is 0.00913. The lowest BCUT2D eigenvalue weighted by molar-refractivity contribution is -0.121. The molecule has 0 aliphatic rings. The Bertz CT molecular complexity index is 672. The maximum absolute atomic E-state index is 12.3. The van der Waals surface area contributed by atoms with Crippen LogP contribution in [0.15, 0.2) is 5.38 Å². The zero-order chi connectivity index (χ0) is 16.4. The Kier molecular flexibility index (Phi) is 5.01. The largest absolute Gasteiger partial charge is 0.347 e. The standard InChI is InChI=1S/C16H24N4OS/c1-9(2)20-13(6)14(11(4)19-20)7-15(21)18-12(5)16-17-10(3)8-22-16/h8-9,12H,7H2,1-6H3,(H,18,21). The average Bonchev–Trinajstić information content (AvgIpc) is 2.97. The van der Waals surface area contributed by atoms with Crippen molar-refractivity contribution in [3.63, 3.8) is 0 Å². The van der Waals surface area contributed by atoms with E-state index >= 15 is 0 Å². The molecule has 0 aliphatic heterocycles. The van der Waals surface area contributed by atoms with Gasteiger partial charge in [0, 0.05) is 28.4 Å². The summed E-state index contributed by atoms with van der Waals surface area (Å²) < 4.78 is 1.98. The highest BCUT2D eigenvalue weighted by atomic mass is 32.1. The van der Waals surface area contributed by atoms with E-state index in [9.17, 15) is 4.79 Å². The summed E-state index contributed by atoms with van der Waals surface area (Å²) in [6, 6.07) is 0.236. The lowest BCUT2D eigenvalue weighted by Crippen LogP contribution is -2.28. The van der Waals surface area contributed by atoms with E-state index in [1.807, 2.05) is 37.8 Å². The minimum absolute atomic E-state index is 0.00913. The number of hydrogen-bond donors (Lipinski definition) is 1. The number of nitrogens with zero attached hydrogens (tertiary/aromatic N) is 3. The summed E-state index contributed by atoms with van der Waals surface area (Å²) in [7, 11) is 0. The second-order valence-electron chi connectivity index (χ2n) is 5.98. The van der Waals surface area contributed by atoms with Crippen LogP contribution in [0.3, 0.4) is 0 Å². The third-order valence-electron chi connectivity index (χ3n) is 3.69. The molecule has 0 radical (unpaired) electrons. The minimum Gasteiger partial charge on any atom is -0.347 e. The Morgan fingerprint density at radius 2 is 2.00 bits per heavy atom. The van der Waals surface area contributed by atoms with Crippen molar-refractivity contribution in [2.45, 2.75) is 60.0 Å². The number of carbonyl (C=O) groups excluding carboxylic acids is 1. The molecular formula is C16H24N4OS. The van der Waals surface area contributed by atoms with E-state index in [1.54, 1.807) is 11.3 Å². The Hall–Kier alpha value is -1.69. The number of nitrogens with one attached hydrogen (secondary N) is 1. The van der Waals surface area contributed by atoms with E-state index < -0.39 is 0 Å². The Labute approximate surface area is 135 Å². The number of aryl methyl sites for hydroxylation is 2. The Morgan fingerprint density at radius 1 is 1.32 bits per heavy atom. The molecule has 1 unspecified atom stereocenters. The molecule has 0 saturated carbocycles. The highest BCUT2D eigenvalue weighted by Gasteiger charge is 2.18. The molecule has 2 aromatic rings. The molecule has 6 heteroatoms. The van der Waals surface area contributed by atoms with Gasteiger partial charge in [-0.1, -0.05) is 0 Å². The van der Waals surface area contributed by atoms with Crippen molar-refractivity contribution in [3.05, 3.63) is 33.0 Å². The maximum atomic E-state index is 12.3. The van der Waals surface area contributed by atoms with Crippen LogP contribution in [0.5, 0.6) is 0 Å². The van der Waals surface area contributed by atoms with Crippen LogP contribution in [-0.2, 0) is 11.2 Å². The molecule has 1 atom stereocenters. The van der Waals surface area contributed by atoms with Gasteiger partial charge in [-0.05, 0) is 41.5 Å². The van der Waals surface area contributed by atoms with Gasteiger partial charge >= 0.3 is 0 Å². The predicted molar refractivity (Wildman–Crippen MR) is 89.2 cm³/mol. The van der Waals surface area contributed by atoms with Crippen molar-refractivity contribution in [1.29, 1.82) is 0 Å². The zero-order valence-electron chi connectivity index (χ0n) is 14.1. The normalized spacial score (nSPS) is 12.7. The maximum Gasteiger partial charge on any atom is 0.225 e. The molecule has 22 heavy (non-hydrogen) atoms. The first-order valence-electron chi connectivity index (χ1n) is 7.55. The summed E-state index contributed by atoms with van der Waals surface area (Å²) in [6.45, 7) is 12.1. The van der Waals surface area contributed by atoms with Gasteiger partial charge in [0.05, 0.1) is 18.2 Å². The van der Waals surface area contributed by atoms with E-state index in [0.717, 1.165) is 27.7 Å². The Morgan fingerprint density at radius 3 is 2.50 bits per heavy atom. The number of carbonyl (C=O) groups is 1. The van der Waals surface area contributed by atoms with E-state index in [0.29, 0.717) is 12.5 Å². The molecule has 120 valence electrons. The van der Waals surface area contributed by atoms with Gasteiger partial charge in [0.2, 0.25) is 5.91 Å². The molecule has 5 nitrogen and oxygen atoms in total. The van der Waals surface area contributed by atoms with Crippen LogP contribution < -0.4 is 5.32 Å². The van der Waals surface area contributed by atoms with Crippen LogP contribution in [0.1, 0.15) is 60.5 Å². The molecule has 0 aromatic carbocycles. The average molecular weight is 320 g/mol. The van der Waals surface area contributed by atoms with Crippen LogP contribution in [-0.4, -0.2) is 20.7 Å². The SMILES string of the molecule is Cc1csc(C(C)NC(=O)Cc2c(C)nn(C(C)C)c2C)n1. The second kappa shape index (κ2) is 6.60. The lowest BCUT2D eigenvalue weighted by Gasteiger charge is -2.12. The fourth-order valence-corrected chi connectivity index (χ4v) is 3.35. The van der Waals surface area contributed by atoms with Gasteiger partial charge in [-0.3, -0.25) is 9.48 Å². The van der Waals surface area contributed by atoms with Crippen molar-refractivity contribution in [2.24, 2.45) is 0 Å². The van der Waals surface area contributed by atoms with Gasteiger partial charge in [0.25, 0.3) is 0 Å². The number of aromatic nitrogens is 3. The molecule has 2 heterocycles. The first-order valence-corrected chi connectivity index (χ1v) is 8.43. The van der Waals surface area contributed by atoms with Crippen LogP contribution in [0, 0.1) is 20.8 Å². The summed E-state index contributed by atoms with van der Waals surface area (Å²) in [5.41, 5.74) is 4.01. The summed E-state index contributed by atoms with van der Waals surface area (Å²) in [4.78, 5) is 16.7. The van der Waals surface area contributed by atoms with Crippen LogP contribution in [0.25, 0.3) is 0 Å². The minimum atomic E-state index is -0.0630. The van der Waals surface area contributed by atoms with Gasteiger partial charge in [-0.25, -0.2) is 4.98 Å². The molecule has 2 aromatic heterocycles. The highest BCUT2D eigenvalue weighted by molar-refractivity contribution is 7.09. The molecular weight excluding hydrogens is 296 g/mol. The van der Waals surface area contributed by atoms with E-state index in [-0.39, 0.29) is 11.9 Å². The second-order valence-corrected chi connectivity index (χ2v) is 6.87. The molecule has 0 bridgehead atoms. The first kappa shape index (κ1) is 16.7. The van der Waals surface area contributed by atoms with Crippen molar-refractivity contribution in [1.82, 2.24) is 20.1 Å². The fourth-order valence-electron chi connectivity index (χ4n) is 2.54. The van der Waals surface area contributed by atoms with Crippen molar-refractivity contribution in [3.8, 4) is 0 Å². The van der Waals surface area contributed by atoms with Crippen molar-refractivity contribution in [2.75, 3.05) is 0 Å². The monoisotopic (exact) mass is 320 g/mol. The van der Waals surface area contributed by atoms with Crippen molar-refractivity contribution < 1.29 is 4.79 Å². The molecule has 0 aliphatic carbocycles.